The quantitative estimate of drug-likeness (QED) is 0.889. The van der Waals surface area contributed by atoms with Crippen molar-refractivity contribution in [1.82, 2.24) is 4.90 Å². The lowest BCUT2D eigenvalue weighted by Crippen LogP contribution is -2.69. The number of rotatable bonds is 4. The van der Waals surface area contributed by atoms with Gasteiger partial charge < -0.3 is 19.8 Å². The number of hydrogen-bond donors (Lipinski definition) is 2. The smallest absolute Gasteiger partial charge is 0.119 e. The monoisotopic (exact) mass is 305 g/mol. The predicted molar refractivity (Wildman–Crippen MR) is 86.4 cm³/mol. The first kappa shape index (κ1) is 15.8. The van der Waals surface area contributed by atoms with Crippen LogP contribution >= 0.6 is 0 Å². The Balaban J connectivity index is 2.16. The fourth-order valence-corrected chi connectivity index (χ4v) is 4.69. The first-order valence-electron chi connectivity index (χ1n) is 8.17. The van der Waals surface area contributed by atoms with Gasteiger partial charge in [-0.3, -0.25) is 0 Å². The van der Waals surface area contributed by atoms with Crippen molar-refractivity contribution in [3.63, 3.8) is 0 Å². The molecule has 1 aliphatic heterocycles. The van der Waals surface area contributed by atoms with E-state index in [2.05, 4.69) is 24.1 Å². The maximum absolute atomic E-state index is 11.4. The van der Waals surface area contributed by atoms with Crippen LogP contribution in [0.4, 0.5) is 0 Å². The molecule has 1 aromatic carbocycles. The molecule has 0 amide bonds. The van der Waals surface area contributed by atoms with Crippen LogP contribution in [-0.4, -0.2) is 54.1 Å². The highest BCUT2D eigenvalue weighted by molar-refractivity contribution is 5.47. The summed E-state index contributed by atoms with van der Waals surface area (Å²) in [5.74, 6) is 0.843. The molecule has 2 bridgehead atoms. The molecule has 1 saturated heterocycles. The molecule has 4 nitrogen and oxygen atoms in total. The number of fused-ring (bicyclic) bond motifs is 4. The van der Waals surface area contributed by atoms with Gasteiger partial charge in [0, 0.05) is 18.1 Å². The van der Waals surface area contributed by atoms with Crippen molar-refractivity contribution in [3.8, 4) is 5.75 Å². The van der Waals surface area contributed by atoms with Crippen LogP contribution in [0.5, 0.6) is 5.75 Å². The summed E-state index contributed by atoms with van der Waals surface area (Å²) in [6.45, 7) is 3.12. The molecule has 1 heterocycles. The van der Waals surface area contributed by atoms with E-state index in [0.717, 1.165) is 31.6 Å². The van der Waals surface area contributed by atoms with Crippen LogP contribution < -0.4 is 4.74 Å². The minimum atomic E-state index is -0.797. The third kappa shape index (κ3) is 2.08. The van der Waals surface area contributed by atoms with Gasteiger partial charge in [-0.15, -0.1) is 0 Å². The number of aliphatic hydroxyl groups is 2. The average molecular weight is 305 g/mol. The molecule has 0 unspecified atom stereocenters. The topological polar surface area (TPSA) is 52.9 Å². The third-order valence-corrected chi connectivity index (χ3v) is 6.05. The number of aliphatic hydroxyl groups excluding tert-OH is 1. The van der Waals surface area contributed by atoms with Gasteiger partial charge in [-0.05, 0) is 69.5 Å². The maximum atomic E-state index is 11.4. The molecule has 0 spiro atoms. The summed E-state index contributed by atoms with van der Waals surface area (Å²) >= 11 is 0. The molecule has 122 valence electrons. The van der Waals surface area contributed by atoms with Crippen LogP contribution in [0, 0.1) is 0 Å². The van der Waals surface area contributed by atoms with Crippen molar-refractivity contribution >= 4 is 0 Å². The second-order valence-electron chi connectivity index (χ2n) is 7.03. The number of methoxy groups -OCH3 is 1. The molecule has 1 aromatic rings. The molecule has 1 fully saturated rings. The second kappa shape index (κ2) is 5.52. The van der Waals surface area contributed by atoms with Crippen LogP contribution in [0.2, 0.25) is 0 Å². The van der Waals surface area contributed by atoms with Gasteiger partial charge in [0.15, 0.2) is 0 Å². The van der Waals surface area contributed by atoms with Crippen LogP contribution in [0.1, 0.15) is 37.3 Å². The minimum absolute atomic E-state index is 0.126. The van der Waals surface area contributed by atoms with Crippen molar-refractivity contribution < 1.29 is 14.9 Å². The third-order valence-electron chi connectivity index (χ3n) is 6.05. The standard InChI is InChI=1S/C18H27NO3/c1-17(21)16-11-13-5-6-14(22-3)12-15(13)18(17,7-4-10-20)8-9-19(16)2/h5-6,12,16,20-21H,4,7-11H2,1-3H3/t16-,17+,18+/m1/s1. The summed E-state index contributed by atoms with van der Waals surface area (Å²) in [5.41, 5.74) is 1.43. The van der Waals surface area contributed by atoms with Crippen molar-refractivity contribution in [2.45, 2.75) is 49.7 Å². The SMILES string of the molecule is COc1ccc2c(c1)[C@]1(CCCO)CCN(C)[C@H](C2)[C@]1(C)O. The summed E-state index contributed by atoms with van der Waals surface area (Å²) < 4.78 is 5.42. The van der Waals surface area contributed by atoms with Gasteiger partial charge in [0.25, 0.3) is 0 Å². The molecule has 1 aliphatic carbocycles. The van der Waals surface area contributed by atoms with Gasteiger partial charge in [0.05, 0.1) is 12.7 Å². The molecular formula is C18H27NO3. The Bertz CT molecular complexity index is 553. The van der Waals surface area contributed by atoms with Gasteiger partial charge in [0.2, 0.25) is 0 Å². The lowest BCUT2D eigenvalue weighted by atomic mass is 9.53. The summed E-state index contributed by atoms with van der Waals surface area (Å²) in [7, 11) is 3.78. The Kier molecular flexibility index (Phi) is 3.96. The van der Waals surface area contributed by atoms with E-state index in [4.69, 9.17) is 4.74 Å². The van der Waals surface area contributed by atoms with E-state index in [9.17, 15) is 10.2 Å². The van der Waals surface area contributed by atoms with E-state index in [1.54, 1.807) is 7.11 Å². The Morgan fingerprint density at radius 2 is 2.18 bits per heavy atom. The van der Waals surface area contributed by atoms with Crippen molar-refractivity contribution in [2.24, 2.45) is 0 Å². The number of piperidine rings is 1. The molecule has 3 rings (SSSR count). The number of hydrogen-bond acceptors (Lipinski definition) is 4. The zero-order chi connectivity index (χ0) is 16.0. The zero-order valence-corrected chi connectivity index (χ0v) is 13.8. The predicted octanol–water partition coefficient (Wildman–Crippen LogP) is 1.72. The van der Waals surface area contributed by atoms with Crippen LogP contribution in [-0.2, 0) is 11.8 Å². The molecule has 0 radical (unpaired) electrons. The first-order chi connectivity index (χ1) is 10.5. The van der Waals surface area contributed by atoms with Gasteiger partial charge in [0.1, 0.15) is 5.75 Å². The Morgan fingerprint density at radius 3 is 2.86 bits per heavy atom. The normalized spacial score (nSPS) is 34.3. The van der Waals surface area contributed by atoms with Gasteiger partial charge in [-0.25, -0.2) is 0 Å². The minimum Gasteiger partial charge on any atom is -0.497 e. The van der Waals surface area contributed by atoms with E-state index in [1.807, 2.05) is 13.0 Å². The van der Waals surface area contributed by atoms with E-state index >= 15 is 0 Å². The highest BCUT2D eigenvalue weighted by Crippen LogP contribution is 2.53. The summed E-state index contributed by atoms with van der Waals surface area (Å²) in [5, 5.41) is 20.8. The van der Waals surface area contributed by atoms with Crippen LogP contribution in [0.25, 0.3) is 0 Å². The van der Waals surface area contributed by atoms with Gasteiger partial charge in [-0.2, -0.15) is 0 Å². The fraction of sp³-hybridized carbons (Fsp3) is 0.667. The summed E-state index contributed by atoms with van der Waals surface area (Å²) in [4.78, 5) is 2.28. The number of nitrogens with zero attached hydrogens (tertiary/aromatic N) is 1. The summed E-state index contributed by atoms with van der Waals surface area (Å²) in [6, 6.07) is 6.38. The molecule has 0 saturated carbocycles. The molecule has 2 aliphatic rings. The zero-order valence-electron chi connectivity index (χ0n) is 13.8. The van der Waals surface area contributed by atoms with Crippen molar-refractivity contribution in [1.29, 1.82) is 0 Å². The molecule has 3 atom stereocenters. The van der Waals surface area contributed by atoms with Crippen molar-refractivity contribution in [3.05, 3.63) is 29.3 Å². The lowest BCUT2D eigenvalue weighted by molar-refractivity contribution is -0.131. The molecule has 4 heteroatoms. The van der Waals surface area contributed by atoms with Crippen molar-refractivity contribution in [2.75, 3.05) is 27.3 Å². The average Bonchev–Trinajstić information content (AvgIpc) is 2.50. The largest absolute Gasteiger partial charge is 0.497 e. The molecule has 0 aromatic heterocycles. The maximum Gasteiger partial charge on any atom is 0.119 e. The highest BCUT2D eigenvalue weighted by atomic mass is 16.5. The number of likely N-dealkylation sites (tertiary alicyclic amines) is 1. The molecule has 2 N–H and O–H groups in total. The number of likely N-dealkylation sites (N-methyl/N-ethyl adjacent to an activating group) is 1. The van der Waals surface area contributed by atoms with Crippen LogP contribution in [0.3, 0.4) is 0 Å². The van der Waals surface area contributed by atoms with E-state index in [-0.39, 0.29) is 18.1 Å². The number of benzene rings is 1. The first-order valence-corrected chi connectivity index (χ1v) is 8.17. The van der Waals surface area contributed by atoms with E-state index in [0.29, 0.717) is 6.42 Å². The number of ether oxygens (including phenoxy) is 1. The van der Waals surface area contributed by atoms with Gasteiger partial charge in [-0.1, -0.05) is 6.07 Å². The van der Waals surface area contributed by atoms with E-state index in [1.165, 1.54) is 11.1 Å². The Morgan fingerprint density at radius 1 is 1.41 bits per heavy atom. The second-order valence-corrected chi connectivity index (χ2v) is 7.03. The molecule has 22 heavy (non-hydrogen) atoms. The van der Waals surface area contributed by atoms with E-state index < -0.39 is 5.60 Å². The summed E-state index contributed by atoms with van der Waals surface area (Å²) in [6.07, 6.45) is 3.29. The molecular weight excluding hydrogens is 278 g/mol. The van der Waals surface area contributed by atoms with Gasteiger partial charge >= 0.3 is 0 Å². The Labute approximate surface area is 132 Å². The lowest BCUT2D eigenvalue weighted by Gasteiger charge is -2.60. The Hall–Kier alpha value is -1.10. The highest BCUT2D eigenvalue weighted by Gasteiger charge is 2.59. The fourth-order valence-electron chi connectivity index (χ4n) is 4.69. The van der Waals surface area contributed by atoms with Crippen LogP contribution in [0.15, 0.2) is 18.2 Å².